The molecule has 0 fully saturated rings. The Bertz CT molecular complexity index is 1620. The van der Waals surface area contributed by atoms with E-state index in [1.165, 1.54) is 0 Å². The molecule has 0 aliphatic heterocycles. The Morgan fingerprint density at radius 1 is 0.900 bits per heavy atom. The van der Waals surface area contributed by atoms with E-state index in [1.807, 2.05) is 54.9 Å². The molecule has 0 aliphatic carbocycles. The highest BCUT2D eigenvalue weighted by Crippen LogP contribution is 2.24. The summed E-state index contributed by atoms with van der Waals surface area (Å²) >= 11 is 0. The summed E-state index contributed by atoms with van der Waals surface area (Å²) in [4.78, 5) is 33.0. The first-order chi connectivity index (χ1) is 19.4. The fourth-order valence-corrected chi connectivity index (χ4v) is 4.92. The topological polar surface area (TPSA) is 145 Å². The summed E-state index contributed by atoms with van der Waals surface area (Å²) < 4.78 is 5.35. The van der Waals surface area contributed by atoms with Crippen molar-refractivity contribution in [3.05, 3.63) is 95.8 Å². The molecular weight excluding hydrogens is 506 g/mol. The number of H-pyrrole nitrogens is 2. The molecule has 2 atom stereocenters. The number of hydrogen-bond acceptors (Lipinski definition) is 5. The normalized spacial score (nSPS) is 12.8. The lowest BCUT2D eigenvalue weighted by atomic mass is 10.0. The van der Waals surface area contributed by atoms with Crippen LogP contribution in [-0.4, -0.2) is 52.6 Å². The van der Waals surface area contributed by atoms with Crippen molar-refractivity contribution in [3.8, 4) is 11.5 Å². The van der Waals surface area contributed by atoms with Crippen molar-refractivity contribution >= 4 is 33.6 Å². The number of rotatable bonds is 11. The lowest BCUT2D eigenvalue weighted by molar-refractivity contribution is -0.129. The number of ether oxygens (including phenoxy) is 1. The van der Waals surface area contributed by atoms with Crippen molar-refractivity contribution in [2.75, 3.05) is 13.7 Å². The van der Waals surface area contributed by atoms with Crippen LogP contribution in [0.3, 0.4) is 0 Å². The minimum atomic E-state index is -0.857. The quantitative estimate of drug-likeness (QED) is 0.153. The van der Waals surface area contributed by atoms with Gasteiger partial charge in [0.15, 0.2) is 0 Å². The van der Waals surface area contributed by atoms with Crippen LogP contribution < -0.4 is 21.1 Å². The number of carbonyl (C=O) groups excluding carboxylic acids is 2. The monoisotopic (exact) mass is 539 g/mol. The molecule has 206 valence electrons. The summed E-state index contributed by atoms with van der Waals surface area (Å²) in [6.45, 7) is 0.392. The third-order valence-electron chi connectivity index (χ3n) is 7.13. The average molecular weight is 540 g/mol. The number of amides is 2. The molecule has 9 nitrogen and oxygen atoms in total. The Hall–Kier alpha value is -4.76. The first-order valence-corrected chi connectivity index (χ1v) is 13.2. The van der Waals surface area contributed by atoms with E-state index < -0.39 is 18.0 Å². The molecule has 0 unspecified atom stereocenters. The van der Waals surface area contributed by atoms with Gasteiger partial charge in [0.2, 0.25) is 11.8 Å². The molecule has 3 aromatic carbocycles. The van der Waals surface area contributed by atoms with E-state index in [-0.39, 0.29) is 18.1 Å². The number of nitrogens with one attached hydrogen (secondary N) is 4. The minimum absolute atomic E-state index is 0.143. The molecule has 2 heterocycles. The lowest BCUT2D eigenvalue weighted by Gasteiger charge is -2.21. The Labute approximate surface area is 231 Å². The van der Waals surface area contributed by atoms with E-state index in [1.54, 1.807) is 31.4 Å². The Morgan fingerprint density at radius 3 is 2.40 bits per heavy atom. The van der Waals surface area contributed by atoms with E-state index in [0.29, 0.717) is 19.4 Å². The summed E-state index contributed by atoms with van der Waals surface area (Å²) in [5.41, 5.74) is 11.0. The number of phenolic OH excluding ortho intramolecular Hbond substituents is 1. The summed E-state index contributed by atoms with van der Waals surface area (Å²) in [7, 11) is 1.63. The summed E-state index contributed by atoms with van der Waals surface area (Å²) in [6, 6.07) is 18.5. The van der Waals surface area contributed by atoms with Gasteiger partial charge >= 0.3 is 0 Å². The number of para-hydroxylation sites is 1. The van der Waals surface area contributed by atoms with E-state index in [4.69, 9.17) is 10.5 Å². The Morgan fingerprint density at radius 2 is 1.62 bits per heavy atom. The van der Waals surface area contributed by atoms with Gasteiger partial charge in [0.05, 0.1) is 13.2 Å². The van der Waals surface area contributed by atoms with Gasteiger partial charge in [0.25, 0.3) is 0 Å². The van der Waals surface area contributed by atoms with Crippen molar-refractivity contribution in [1.29, 1.82) is 0 Å². The fraction of sp³-hybridized carbons (Fsp3) is 0.226. The zero-order valence-corrected chi connectivity index (χ0v) is 22.2. The number of benzene rings is 3. The fourth-order valence-electron chi connectivity index (χ4n) is 4.92. The van der Waals surface area contributed by atoms with Gasteiger partial charge in [-0.05, 0) is 65.9 Å². The van der Waals surface area contributed by atoms with Crippen LogP contribution in [0.4, 0.5) is 0 Å². The molecule has 0 aliphatic rings. The highest BCUT2D eigenvalue weighted by atomic mass is 16.5. The van der Waals surface area contributed by atoms with Gasteiger partial charge in [0.1, 0.15) is 17.5 Å². The molecule has 0 saturated carbocycles. The van der Waals surface area contributed by atoms with Gasteiger partial charge in [-0.25, -0.2) is 0 Å². The maximum atomic E-state index is 13.4. The van der Waals surface area contributed by atoms with Gasteiger partial charge in [0, 0.05) is 47.2 Å². The zero-order valence-electron chi connectivity index (χ0n) is 22.2. The molecule has 2 amide bonds. The van der Waals surface area contributed by atoms with Crippen LogP contribution in [0.25, 0.3) is 21.8 Å². The van der Waals surface area contributed by atoms with Crippen LogP contribution in [0.5, 0.6) is 11.5 Å². The number of methoxy groups -OCH3 is 1. The van der Waals surface area contributed by atoms with Gasteiger partial charge in [-0.3, -0.25) is 9.59 Å². The van der Waals surface area contributed by atoms with Crippen LogP contribution >= 0.6 is 0 Å². The minimum Gasteiger partial charge on any atom is -0.508 e. The van der Waals surface area contributed by atoms with Crippen molar-refractivity contribution in [3.63, 3.8) is 0 Å². The molecule has 7 N–H and O–H groups in total. The van der Waals surface area contributed by atoms with Gasteiger partial charge in [-0.1, -0.05) is 30.3 Å². The second-order valence-electron chi connectivity index (χ2n) is 9.87. The van der Waals surface area contributed by atoms with Crippen LogP contribution in [0, 0.1) is 0 Å². The predicted octanol–water partition coefficient (Wildman–Crippen LogP) is 3.32. The van der Waals surface area contributed by atoms with Crippen molar-refractivity contribution in [1.82, 2.24) is 20.6 Å². The van der Waals surface area contributed by atoms with Gasteiger partial charge in [-0.15, -0.1) is 0 Å². The molecule has 5 rings (SSSR count). The molecule has 5 aromatic rings. The molecule has 2 aromatic heterocycles. The van der Waals surface area contributed by atoms with Crippen LogP contribution in [-0.2, 0) is 28.9 Å². The first-order valence-electron chi connectivity index (χ1n) is 13.2. The maximum absolute atomic E-state index is 13.4. The standard InChI is InChI=1S/C31H33N5O4/c1-40-23-10-11-28-25(16-23)20(17-34-28)12-13-33-31(39)29(15-21-18-35-27-5-3-2-4-24(21)27)36-30(38)26(32)14-19-6-8-22(37)9-7-19/h2-11,16-18,26,29,34-35,37H,12-15,32H2,1H3,(H,33,39)(H,36,38)/t26-,29-/m0/s1. The maximum Gasteiger partial charge on any atom is 0.242 e. The van der Waals surface area contributed by atoms with E-state index in [9.17, 15) is 14.7 Å². The second-order valence-corrected chi connectivity index (χ2v) is 9.87. The van der Waals surface area contributed by atoms with Crippen molar-refractivity contribution < 1.29 is 19.4 Å². The van der Waals surface area contributed by atoms with Gasteiger partial charge < -0.3 is 36.2 Å². The average Bonchev–Trinajstić information content (AvgIpc) is 3.57. The van der Waals surface area contributed by atoms with Gasteiger partial charge in [-0.2, -0.15) is 0 Å². The predicted molar refractivity (Wildman–Crippen MR) is 155 cm³/mol. The molecule has 0 spiro atoms. The SMILES string of the molecule is COc1ccc2[nH]cc(CCNC(=O)[C@H](Cc3c[nH]c4ccccc34)NC(=O)[C@@H](N)Cc3ccc(O)cc3)c2c1. The second kappa shape index (κ2) is 12.0. The van der Waals surface area contributed by atoms with Crippen LogP contribution in [0.15, 0.2) is 79.1 Å². The number of aromatic nitrogens is 2. The van der Waals surface area contributed by atoms with Crippen molar-refractivity contribution in [2.24, 2.45) is 5.73 Å². The number of aromatic amines is 2. The van der Waals surface area contributed by atoms with E-state index >= 15 is 0 Å². The van der Waals surface area contributed by atoms with Crippen molar-refractivity contribution in [2.45, 2.75) is 31.3 Å². The number of phenols is 1. The highest BCUT2D eigenvalue weighted by Gasteiger charge is 2.25. The third-order valence-corrected chi connectivity index (χ3v) is 7.13. The van der Waals surface area contributed by atoms with Crippen LogP contribution in [0.2, 0.25) is 0 Å². The highest BCUT2D eigenvalue weighted by molar-refractivity contribution is 5.91. The number of fused-ring (bicyclic) bond motifs is 2. The zero-order chi connectivity index (χ0) is 28.1. The summed E-state index contributed by atoms with van der Waals surface area (Å²) in [5.74, 6) is 0.205. The molecule has 0 radical (unpaired) electrons. The Kier molecular flexibility index (Phi) is 8.02. The molecule has 0 bridgehead atoms. The number of aromatic hydroxyl groups is 1. The number of nitrogens with two attached hydrogens (primary N) is 1. The largest absolute Gasteiger partial charge is 0.508 e. The molecule has 40 heavy (non-hydrogen) atoms. The molecular formula is C31H33N5O4. The molecule has 0 saturated heterocycles. The molecule has 9 heteroatoms. The number of carbonyl (C=O) groups is 2. The number of hydrogen-bond donors (Lipinski definition) is 6. The summed E-state index contributed by atoms with van der Waals surface area (Å²) in [6.07, 6.45) is 4.99. The van der Waals surface area contributed by atoms with Crippen LogP contribution in [0.1, 0.15) is 16.7 Å². The smallest absolute Gasteiger partial charge is 0.242 e. The first kappa shape index (κ1) is 26.8. The van der Waals surface area contributed by atoms with E-state index in [0.717, 1.165) is 44.2 Å². The Balaban J connectivity index is 1.28. The summed E-state index contributed by atoms with van der Waals surface area (Å²) in [5, 5.41) is 17.4. The van der Waals surface area contributed by atoms with E-state index in [2.05, 4.69) is 20.6 Å². The third kappa shape index (κ3) is 6.10. The lowest BCUT2D eigenvalue weighted by Crippen LogP contribution is -2.53.